The maximum atomic E-state index is 12.2. The second-order valence-corrected chi connectivity index (χ2v) is 7.06. The molecule has 6 heteroatoms. The fourth-order valence-electron chi connectivity index (χ4n) is 2.50. The molecule has 1 saturated carbocycles. The number of carbonyl (C=O) groups excluding carboxylic acids is 1. The van der Waals surface area contributed by atoms with Crippen molar-refractivity contribution in [3.8, 4) is 0 Å². The Morgan fingerprint density at radius 1 is 1.33 bits per heavy atom. The Morgan fingerprint density at radius 2 is 2.00 bits per heavy atom. The molecule has 0 aromatic heterocycles. The molecular weight excluding hydrogens is 310 g/mol. The van der Waals surface area contributed by atoms with Gasteiger partial charge in [-0.05, 0) is 44.0 Å². The Labute approximate surface area is 133 Å². The zero-order valence-electron chi connectivity index (χ0n) is 11.7. The van der Waals surface area contributed by atoms with Crippen molar-refractivity contribution in [1.82, 2.24) is 5.32 Å². The van der Waals surface area contributed by atoms with Gasteiger partial charge in [-0.15, -0.1) is 11.8 Å². The number of amides is 1. The molecule has 1 amide bonds. The molecule has 4 nitrogen and oxygen atoms in total. The fourth-order valence-corrected chi connectivity index (χ4v) is 3.50. The van der Waals surface area contributed by atoms with E-state index in [0.717, 1.165) is 17.7 Å². The van der Waals surface area contributed by atoms with Gasteiger partial charge in [0.1, 0.15) is 0 Å². The van der Waals surface area contributed by atoms with E-state index in [-0.39, 0.29) is 17.2 Å². The number of halogens is 1. The van der Waals surface area contributed by atoms with Crippen LogP contribution in [0.15, 0.2) is 29.2 Å². The van der Waals surface area contributed by atoms with Crippen LogP contribution in [0, 0.1) is 5.92 Å². The number of hydrogen-bond donors (Lipinski definition) is 2. The maximum Gasteiger partial charge on any atom is 0.308 e. The molecule has 1 unspecified atom stereocenters. The normalized spacial score (nSPS) is 22.8. The lowest BCUT2D eigenvalue weighted by molar-refractivity contribution is -0.142. The summed E-state index contributed by atoms with van der Waals surface area (Å²) >= 11 is 7.26. The van der Waals surface area contributed by atoms with E-state index in [4.69, 9.17) is 16.7 Å². The first kappa shape index (κ1) is 16.2. The molecule has 1 aliphatic rings. The molecular formula is C15H18ClNO3S. The molecule has 0 heterocycles. The molecule has 2 rings (SSSR count). The highest BCUT2D eigenvalue weighted by atomic mass is 35.5. The number of aliphatic carboxylic acids is 1. The van der Waals surface area contributed by atoms with Gasteiger partial charge < -0.3 is 10.4 Å². The Hall–Kier alpha value is -1.20. The lowest BCUT2D eigenvalue weighted by Crippen LogP contribution is -2.43. The SMILES string of the molecule is CC(Sc1ccc(Cl)cc1)C(=O)N[C@@H]1CCC[C@@H]1C(=O)O. The first-order valence-corrected chi connectivity index (χ1v) is 8.18. The molecule has 114 valence electrons. The first-order valence-electron chi connectivity index (χ1n) is 6.93. The summed E-state index contributed by atoms with van der Waals surface area (Å²) in [6.45, 7) is 1.82. The number of benzene rings is 1. The second kappa shape index (κ2) is 7.18. The van der Waals surface area contributed by atoms with E-state index in [9.17, 15) is 9.59 Å². The Balaban J connectivity index is 1.90. The molecule has 1 fully saturated rings. The lowest BCUT2D eigenvalue weighted by atomic mass is 10.0. The Morgan fingerprint density at radius 3 is 2.62 bits per heavy atom. The number of rotatable bonds is 5. The van der Waals surface area contributed by atoms with Crippen LogP contribution in [0.1, 0.15) is 26.2 Å². The minimum absolute atomic E-state index is 0.117. The van der Waals surface area contributed by atoms with E-state index in [1.54, 1.807) is 12.1 Å². The fraction of sp³-hybridized carbons (Fsp3) is 0.467. The summed E-state index contributed by atoms with van der Waals surface area (Å²) in [4.78, 5) is 24.3. The van der Waals surface area contributed by atoms with Gasteiger partial charge in [0.25, 0.3) is 0 Å². The largest absolute Gasteiger partial charge is 0.481 e. The average Bonchev–Trinajstić information content (AvgIpc) is 2.89. The standard InChI is InChI=1S/C15H18ClNO3S/c1-9(21-11-7-5-10(16)6-8-11)14(18)17-13-4-2-3-12(13)15(19)20/h5-9,12-13H,2-4H2,1H3,(H,17,18)(H,19,20)/t9?,12-,13+/m0/s1. The molecule has 2 N–H and O–H groups in total. The summed E-state index contributed by atoms with van der Waals surface area (Å²) in [6, 6.07) is 7.06. The monoisotopic (exact) mass is 327 g/mol. The predicted molar refractivity (Wildman–Crippen MR) is 83.7 cm³/mol. The molecule has 0 radical (unpaired) electrons. The third-order valence-electron chi connectivity index (χ3n) is 3.66. The zero-order valence-corrected chi connectivity index (χ0v) is 13.3. The smallest absolute Gasteiger partial charge is 0.308 e. The van der Waals surface area contributed by atoms with Crippen LogP contribution in [-0.4, -0.2) is 28.3 Å². The van der Waals surface area contributed by atoms with Gasteiger partial charge in [-0.25, -0.2) is 0 Å². The van der Waals surface area contributed by atoms with Crippen LogP contribution in [0.5, 0.6) is 0 Å². The third kappa shape index (κ3) is 4.38. The van der Waals surface area contributed by atoms with Crippen molar-refractivity contribution in [2.45, 2.75) is 42.4 Å². The molecule has 0 aliphatic heterocycles. The second-order valence-electron chi connectivity index (χ2n) is 5.20. The van der Waals surface area contributed by atoms with E-state index in [2.05, 4.69) is 5.32 Å². The lowest BCUT2D eigenvalue weighted by Gasteiger charge is -2.20. The Bertz CT molecular complexity index is 520. The summed E-state index contributed by atoms with van der Waals surface area (Å²) in [5.74, 6) is -1.40. The highest BCUT2D eigenvalue weighted by molar-refractivity contribution is 8.00. The number of carbonyl (C=O) groups is 2. The maximum absolute atomic E-state index is 12.2. The molecule has 0 bridgehead atoms. The van der Waals surface area contributed by atoms with Crippen LogP contribution < -0.4 is 5.32 Å². The van der Waals surface area contributed by atoms with Gasteiger partial charge in [-0.3, -0.25) is 9.59 Å². The molecule has 21 heavy (non-hydrogen) atoms. The van der Waals surface area contributed by atoms with Crippen molar-refractivity contribution in [2.24, 2.45) is 5.92 Å². The van der Waals surface area contributed by atoms with E-state index in [1.165, 1.54) is 11.8 Å². The van der Waals surface area contributed by atoms with Gasteiger partial charge in [-0.1, -0.05) is 18.0 Å². The van der Waals surface area contributed by atoms with Crippen molar-refractivity contribution in [2.75, 3.05) is 0 Å². The topological polar surface area (TPSA) is 66.4 Å². The summed E-state index contributed by atoms with van der Waals surface area (Å²) in [5, 5.41) is 12.4. The minimum Gasteiger partial charge on any atom is -0.481 e. The number of nitrogens with one attached hydrogen (secondary N) is 1. The number of carboxylic acid groups (broad SMARTS) is 1. The van der Waals surface area contributed by atoms with E-state index >= 15 is 0 Å². The summed E-state index contributed by atoms with van der Waals surface area (Å²) < 4.78 is 0. The van der Waals surface area contributed by atoms with Crippen molar-refractivity contribution < 1.29 is 14.7 Å². The first-order chi connectivity index (χ1) is 9.97. The van der Waals surface area contributed by atoms with Gasteiger partial charge in [0.2, 0.25) is 5.91 Å². The molecule has 0 spiro atoms. The van der Waals surface area contributed by atoms with Crippen LogP contribution >= 0.6 is 23.4 Å². The highest BCUT2D eigenvalue weighted by Gasteiger charge is 2.34. The van der Waals surface area contributed by atoms with Crippen LogP contribution in [0.2, 0.25) is 5.02 Å². The van der Waals surface area contributed by atoms with Gasteiger partial charge in [0, 0.05) is 16.0 Å². The van der Waals surface area contributed by atoms with E-state index in [1.807, 2.05) is 19.1 Å². The molecule has 3 atom stereocenters. The van der Waals surface area contributed by atoms with Crippen LogP contribution in [0.25, 0.3) is 0 Å². The third-order valence-corrected chi connectivity index (χ3v) is 5.02. The van der Waals surface area contributed by atoms with E-state index < -0.39 is 11.9 Å². The minimum atomic E-state index is -0.823. The van der Waals surface area contributed by atoms with E-state index in [0.29, 0.717) is 11.4 Å². The van der Waals surface area contributed by atoms with Crippen LogP contribution in [-0.2, 0) is 9.59 Å². The van der Waals surface area contributed by atoms with Crippen LogP contribution in [0.4, 0.5) is 0 Å². The van der Waals surface area contributed by atoms with Gasteiger partial charge in [0.05, 0.1) is 11.2 Å². The van der Waals surface area contributed by atoms with Crippen molar-refractivity contribution in [3.63, 3.8) is 0 Å². The Kier molecular flexibility index (Phi) is 5.53. The number of carboxylic acids is 1. The summed E-state index contributed by atoms with van der Waals surface area (Å²) in [7, 11) is 0. The average molecular weight is 328 g/mol. The van der Waals surface area contributed by atoms with Crippen molar-refractivity contribution in [1.29, 1.82) is 0 Å². The quantitative estimate of drug-likeness (QED) is 0.815. The molecule has 1 aromatic rings. The van der Waals surface area contributed by atoms with Crippen LogP contribution in [0.3, 0.4) is 0 Å². The molecule has 0 saturated heterocycles. The predicted octanol–water partition coefficient (Wildman–Crippen LogP) is 3.19. The molecule has 1 aromatic carbocycles. The summed E-state index contributed by atoms with van der Waals surface area (Å²) in [5.41, 5.74) is 0. The number of thioether (sulfide) groups is 1. The highest BCUT2D eigenvalue weighted by Crippen LogP contribution is 2.28. The van der Waals surface area contributed by atoms with Gasteiger partial charge in [-0.2, -0.15) is 0 Å². The summed E-state index contributed by atoms with van der Waals surface area (Å²) in [6.07, 6.45) is 2.22. The zero-order chi connectivity index (χ0) is 15.4. The van der Waals surface area contributed by atoms with Gasteiger partial charge in [0.15, 0.2) is 0 Å². The number of hydrogen-bond acceptors (Lipinski definition) is 3. The van der Waals surface area contributed by atoms with Gasteiger partial charge >= 0.3 is 5.97 Å². The van der Waals surface area contributed by atoms with Crippen molar-refractivity contribution in [3.05, 3.63) is 29.3 Å². The van der Waals surface area contributed by atoms with Crippen molar-refractivity contribution >= 4 is 35.2 Å². The molecule has 1 aliphatic carbocycles.